The second-order valence-electron chi connectivity index (χ2n) is 6.74. The van der Waals surface area contributed by atoms with Crippen molar-refractivity contribution in [2.75, 3.05) is 33.2 Å². The van der Waals surface area contributed by atoms with E-state index in [0.717, 1.165) is 5.56 Å². The summed E-state index contributed by atoms with van der Waals surface area (Å²) in [4.78, 5) is 41.6. The standard InChI is InChI=1S/C18H23N3O3/c1-13-3-5-14(6-4-13)10-21-11-15(9-16(21)22)18(24)20-8-7-19(2)17(23)12-20/h3-6,15H,7-12H2,1-2H3/t15-/m0/s1. The number of hydrogen-bond donors (Lipinski definition) is 0. The SMILES string of the molecule is Cc1ccc(CN2C[C@@H](C(=O)N3CCN(C)C(=O)C3)CC2=O)cc1. The largest absolute Gasteiger partial charge is 0.342 e. The quantitative estimate of drug-likeness (QED) is 0.818. The number of nitrogens with zero attached hydrogens (tertiary/aromatic N) is 3. The number of rotatable bonds is 3. The lowest BCUT2D eigenvalue weighted by Crippen LogP contribution is -2.52. The minimum Gasteiger partial charge on any atom is -0.342 e. The zero-order valence-corrected chi connectivity index (χ0v) is 14.2. The highest BCUT2D eigenvalue weighted by Gasteiger charge is 2.38. The first-order valence-electron chi connectivity index (χ1n) is 8.30. The maximum absolute atomic E-state index is 12.6. The molecule has 2 aliphatic rings. The van der Waals surface area contributed by atoms with Crippen LogP contribution in [0.5, 0.6) is 0 Å². The van der Waals surface area contributed by atoms with Gasteiger partial charge in [0.05, 0.1) is 12.5 Å². The fourth-order valence-corrected chi connectivity index (χ4v) is 3.21. The Bertz CT molecular complexity index is 656. The lowest BCUT2D eigenvalue weighted by Gasteiger charge is -2.33. The van der Waals surface area contributed by atoms with Crippen molar-refractivity contribution < 1.29 is 14.4 Å². The zero-order valence-electron chi connectivity index (χ0n) is 14.2. The summed E-state index contributed by atoms with van der Waals surface area (Å²) in [7, 11) is 1.74. The third-order valence-electron chi connectivity index (χ3n) is 4.83. The Morgan fingerprint density at radius 2 is 1.83 bits per heavy atom. The van der Waals surface area contributed by atoms with Crippen LogP contribution in [0.1, 0.15) is 17.5 Å². The van der Waals surface area contributed by atoms with E-state index in [0.29, 0.717) is 26.2 Å². The molecule has 2 aliphatic heterocycles. The molecule has 1 atom stereocenters. The molecule has 2 fully saturated rings. The van der Waals surface area contributed by atoms with Crippen LogP contribution >= 0.6 is 0 Å². The molecule has 0 N–H and O–H groups in total. The van der Waals surface area contributed by atoms with Crippen molar-refractivity contribution in [1.29, 1.82) is 0 Å². The summed E-state index contributed by atoms with van der Waals surface area (Å²) in [6.07, 6.45) is 0.241. The number of benzene rings is 1. The molecule has 1 aromatic carbocycles. The van der Waals surface area contributed by atoms with E-state index in [-0.39, 0.29) is 36.6 Å². The molecule has 0 aromatic heterocycles. The summed E-state index contributed by atoms with van der Waals surface area (Å²) >= 11 is 0. The van der Waals surface area contributed by atoms with Crippen LogP contribution in [0.4, 0.5) is 0 Å². The van der Waals surface area contributed by atoms with E-state index in [2.05, 4.69) is 0 Å². The van der Waals surface area contributed by atoms with E-state index in [1.807, 2.05) is 31.2 Å². The number of piperazine rings is 1. The number of hydrogen-bond acceptors (Lipinski definition) is 3. The Kier molecular flexibility index (Phi) is 4.55. The molecule has 0 bridgehead atoms. The van der Waals surface area contributed by atoms with Crippen molar-refractivity contribution in [3.63, 3.8) is 0 Å². The van der Waals surface area contributed by atoms with Crippen LogP contribution in [-0.2, 0) is 20.9 Å². The van der Waals surface area contributed by atoms with Crippen LogP contribution in [0.15, 0.2) is 24.3 Å². The molecule has 0 unspecified atom stereocenters. The van der Waals surface area contributed by atoms with Crippen molar-refractivity contribution >= 4 is 17.7 Å². The van der Waals surface area contributed by atoms with Gasteiger partial charge in [0.2, 0.25) is 17.7 Å². The van der Waals surface area contributed by atoms with Crippen LogP contribution in [-0.4, -0.2) is 65.6 Å². The molecule has 0 spiro atoms. The van der Waals surface area contributed by atoms with Gasteiger partial charge in [-0.15, -0.1) is 0 Å². The Labute approximate surface area is 142 Å². The molecule has 0 aliphatic carbocycles. The van der Waals surface area contributed by atoms with E-state index >= 15 is 0 Å². The monoisotopic (exact) mass is 329 g/mol. The number of carbonyl (C=O) groups is 3. The van der Waals surface area contributed by atoms with Crippen LogP contribution in [0.3, 0.4) is 0 Å². The molecule has 2 saturated heterocycles. The molecule has 2 heterocycles. The Morgan fingerprint density at radius 3 is 2.50 bits per heavy atom. The predicted octanol–water partition coefficient (Wildman–Crippen LogP) is 0.644. The van der Waals surface area contributed by atoms with Gasteiger partial charge in [-0.3, -0.25) is 14.4 Å². The molecular formula is C18H23N3O3. The molecular weight excluding hydrogens is 306 g/mol. The fourth-order valence-electron chi connectivity index (χ4n) is 3.21. The summed E-state index contributed by atoms with van der Waals surface area (Å²) in [6.45, 7) is 4.22. The van der Waals surface area contributed by atoms with Crippen molar-refractivity contribution in [3.8, 4) is 0 Å². The molecule has 128 valence electrons. The second-order valence-corrected chi connectivity index (χ2v) is 6.74. The van der Waals surface area contributed by atoms with Crippen molar-refractivity contribution in [1.82, 2.24) is 14.7 Å². The summed E-state index contributed by atoms with van der Waals surface area (Å²) in [5.74, 6) is -0.444. The van der Waals surface area contributed by atoms with Crippen LogP contribution in [0.2, 0.25) is 0 Å². The molecule has 1 aromatic rings. The average molecular weight is 329 g/mol. The Morgan fingerprint density at radius 1 is 1.12 bits per heavy atom. The Balaban J connectivity index is 1.60. The number of carbonyl (C=O) groups excluding carboxylic acids is 3. The van der Waals surface area contributed by atoms with Gasteiger partial charge in [-0.05, 0) is 12.5 Å². The highest BCUT2D eigenvalue weighted by atomic mass is 16.2. The summed E-state index contributed by atoms with van der Waals surface area (Å²) in [6, 6.07) is 8.07. The first-order chi connectivity index (χ1) is 11.4. The highest BCUT2D eigenvalue weighted by molar-refractivity contribution is 5.92. The molecule has 3 rings (SSSR count). The van der Waals surface area contributed by atoms with E-state index in [4.69, 9.17) is 0 Å². The van der Waals surface area contributed by atoms with Gasteiger partial charge in [-0.1, -0.05) is 29.8 Å². The maximum atomic E-state index is 12.6. The fraction of sp³-hybridized carbons (Fsp3) is 0.500. The number of likely N-dealkylation sites (tertiary alicyclic amines) is 1. The van der Waals surface area contributed by atoms with Gasteiger partial charge in [0, 0.05) is 39.6 Å². The van der Waals surface area contributed by atoms with Crippen molar-refractivity contribution in [3.05, 3.63) is 35.4 Å². The summed E-state index contributed by atoms with van der Waals surface area (Å²) in [5.41, 5.74) is 2.25. The molecule has 3 amide bonds. The molecule has 0 saturated carbocycles. The van der Waals surface area contributed by atoms with Crippen LogP contribution < -0.4 is 0 Å². The van der Waals surface area contributed by atoms with Gasteiger partial charge in [0.15, 0.2) is 0 Å². The first-order valence-corrected chi connectivity index (χ1v) is 8.30. The third-order valence-corrected chi connectivity index (χ3v) is 4.83. The van der Waals surface area contributed by atoms with Gasteiger partial charge in [-0.25, -0.2) is 0 Å². The average Bonchev–Trinajstić information content (AvgIpc) is 2.92. The van der Waals surface area contributed by atoms with Gasteiger partial charge < -0.3 is 14.7 Å². The smallest absolute Gasteiger partial charge is 0.241 e. The van der Waals surface area contributed by atoms with Crippen molar-refractivity contribution in [2.24, 2.45) is 5.92 Å². The van der Waals surface area contributed by atoms with E-state index in [1.165, 1.54) is 5.56 Å². The highest BCUT2D eigenvalue weighted by Crippen LogP contribution is 2.23. The summed E-state index contributed by atoms with van der Waals surface area (Å²) in [5, 5.41) is 0. The minimum atomic E-state index is -0.334. The molecule has 24 heavy (non-hydrogen) atoms. The maximum Gasteiger partial charge on any atom is 0.241 e. The minimum absolute atomic E-state index is 0.00868. The zero-order chi connectivity index (χ0) is 17.3. The van der Waals surface area contributed by atoms with Gasteiger partial charge in [-0.2, -0.15) is 0 Å². The van der Waals surface area contributed by atoms with Gasteiger partial charge >= 0.3 is 0 Å². The molecule has 6 heteroatoms. The number of likely N-dealkylation sites (N-methyl/N-ethyl adjacent to an activating group) is 1. The normalized spacial score (nSPS) is 21.6. The summed E-state index contributed by atoms with van der Waals surface area (Å²) < 4.78 is 0. The topological polar surface area (TPSA) is 60.9 Å². The molecule has 0 radical (unpaired) electrons. The lowest BCUT2D eigenvalue weighted by atomic mass is 10.1. The number of amides is 3. The van der Waals surface area contributed by atoms with Gasteiger partial charge in [0.1, 0.15) is 0 Å². The van der Waals surface area contributed by atoms with Crippen molar-refractivity contribution in [2.45, 2.75) is 19.9 Å². The van der Waals surface area contributed by atoms with E-state index in [9.17, 15) is 14.4 Å². The van der Waals surface area contributed by atoms with E-state index in [1.54, 1.807) is 21.7 Å². The predicted molar refractivity (Wildman–Crippen MR) is 88.9 cm³/mol. The Hall–Kier alpha value is -2.37. The third kappa shape index (κ3) is 3.42. The van der Waals surface area contributed by atoms with Crippen LogP contribution in [0.25, 0.3) is 0 Å². The molecule has 6 nitrogen and oxygen atoms in total. The lowest BCUT2D eigenvalue weighted by molar-refractivity contribution is -0.146. The number of aryl methyl sites for hydroxylation is 1. The van der Waals surface area contributed by atoms with E-state index < -0.39 is 0 Å². The van der Waals surface area contributed by atoms with Gasteiger partial charge in [0.25, 0.3) is 0 Å². The van der Waals surface area contributed by atoms with Crippen LogP contribution in [0, 0.1) is 12.8 Å². The first kappa shape index (κ1) is 16.5. The second kappa shape index (κ2) is 6.63.